The van der Waals surface area contributed by atoms with Crippen LogP contribution in [0.3, 0.4) is 0 Å². The van der Waals surface area contributed by atoms with Crippen molar-refractivity contribution in [3.8, 4) is 0 Å². The second-order valence-corrected chi connectivity index (χ2v) is 8.11. The molecule has 1 heterocycles. The maximum absolute atomic E-state index is 12.5. The SMILES string of the molecule is CCCCc1ccc(NC(=O)C2CCCCN2S(C)(=O)=O)cc1. The van der Waals surface area contributed by atoms with Gasteiger partial charge >= 0.3 is 0 Å². The van der Waals surface area contributed by atoms with E-state index in [-0.39, 0.29) is 5.91 Å². The van der Waals surface area contributed by atoms with E-state index in [2.05, 4.69) is 12.2 Å². The summed E-state index contributed by atoms with van der Waals surface area (Å²) < 4.78 is 25.0. The molecule has 0 spiro atoms. The number of piperidine rings is 1. The minimum Gasteiger partial charge on any atom is -0.325 e. The molecule has 1 N–H and O–H groups in total. The number of unbranched alkanes of at least 4 members (excludes halogenated alkanes) is 1. The summed E-state index contributed by atoms with van der Waals surface area (Å²) in [5.41, 5.74) is 1.97. The molecule has 5 nitrogen and oxygen atoms in total. The maximum atomic E-state index is 12.5. The van der Waals surface area contributed by atoms with Gasteiger partial charge in [-0.2, -0.15) is 4.31 Å². The number of carbonyl (C=O) groups excluding carboxylic acids is 1. The number of hydrogen-bond donors (Lipinski definition) is 1. The number of nitrogens with zero attached hydrogens (tertiary/aromatic N) is 1. The topological polar surface area (TPSA) is 66.5 Å². The van der Waals surface area contributed by atoms with Crippen LogP contribution in [0, 0.1) is 0 Å². The third kappa shape index (κ3) is 5.04. The van der Waals surface area contributed by atoms with Crippen LogP contribution < -0.4 is 5.32 Å². The minimum atomic E-state index is -3.36. The highest BCUT2D eigenvalue weighted by Gasteiger charge is 2.34. The van der Waals surface area contributed by atoms with Gasteiger partial charge in [0.2, 0.25) is 15.9 Å². The number of rotatable bonds is 6. The lowest BCUT2D eigenvalue weighted by Crippen LogP contribution is -2.49. The second-order valence-electron chi connectivity index (χ2n) is 6.18. The van der Waals surface area contributed by atoms with Crippen molar-refractivity contribution < 1.29 is 13.2 Å². The van der Waals surface area contributed by atoms with Crippen LogP contribution in [0.5, 0.6) is 0 Å². The summed E-state index contributed by atoms with van der Waals surface area (Å²) in [5, 5.41) is 2.85. The highest BCUT2D eigenvalue weighted by Crippen LogP contribution is 2.21. The number of hydrogen-bond acceptors (Lipinski definition) is 3. The molecule has 23 heavy (non-hydrogen) atoms. The number of aryl methyl sites for hydroxylation is 1. The molecule has 1 aliphatic rings. The molecule has 0 bridgehead atoms. The van der Waals surface area contributed by atoms with Gasteiger partial charge in [-0.3, -0.25) is 4.79 Å². The molecule has 0 aliphatic carbocycles. The first-order chi connectivity index (χ1) is 10.9. The van der Waals surface area contributed by atoms with Crippen LogP contribution in [0.2, 0.25) is 0 Å². The molecule has 1 atom stereocenters. The van der Waals surface area contributed by atoms with E-state index in [0.29, 0.717) is 18.7 Å². The number of amides is 1. The molecule has 1 saturated heterocycles. The number of sulfonamides is 1. The summed E-state index contributed by atoms with van der Waals surface area (Å²) in [6.07, 6.45) is 6.77. The van der Waals surface area contributed by atoms with E-state index in [4.69, 9.17) is 0 Å². The van der Waals surface area contributed by atoms with E-state index < -0.39 is 16.1 Å². The Morgan fingerprint density at radius 2 is 1.96 bits per heavy atom. The summed E-state index contributed by atoms with van der Waals surface area (Å²) >= 11 is 0. The van der Waals surface area contributed by atoms with Crippen molar-refractivity contribution >= 4 is 21.6 Å². The molecule has 1 amide bonds. The first kappa shape index (κ1) is 17.9. The van der Waals surface area contributed by atoms with Gasteiger partial charge < -0.3 is 5.32 Å². The lowest BCUT2D eigenvalue weighted by atomic mass is 10.0. The fourth-order valence-electron chi connectivity index (χ4n) is 2.93. The fourth-order valence-corrected chi connectivity index (χ4v) is 4.05. The standard InChI is InChI=1S/C17H26N2O3S/c1-3-4-7-14-9-11-15(12-10-14)18-17(20)16-8-5-6-13-19(16)23(2,21)22/h9-12,16H,3-8,13H2,1-2H3,(H,18,20). The van der Waals surface area contributed by atoms with Gasteiger partial charge in [0.25, 0.3) is 0 Å². The van der Waals surface area contributed by atoms with Crippen LogP contribution in [0.1, 0.15) is 44.6 Å². The molecule has 128 valence electrons. The zero-order chi connectivity index (χ0) is 16.9. The highest BCUT2D eigenvalue weighted by molar-refractivity contribution is 7.88. The maximum Gasteiger partial charge on any atom is 0.242 e. The molecule has 0 saturated carbocycles. The number of anilines is 1. The smallest absolute Gasteiger partial charge is 0.242 e. The Kier molecular flexibility index (Phi) is 6.18. The summed E-state index contributed by atoms with van der Waals surface area (Å²) in [7, 11) is -3.36. The molecule has 1 aromatic rings. The molecule has 0 aromatic heterocycles. The third-order valence-corrected chi connectivity index (χ3v) is 5.51. The Morgan fingerprint density at radius 3 is 2.57 bits per heavy atom. The first-order valence-corrected chi connectivity index (χ1v) is 10.1. The minimum absolute atomic E-state index is 0.239. The van der Waals surface area contributed by atoms with E-state index in [1.807, 2.05) is 24.3 Å². The molecule has 1 aromatic carbocycles. The molecular formula is C17H26N2O3S. The summed E-state index contributed by atoms with van der Waals surface area (Å²) in [6, 6.07) is 7.20. The molecular weight excluding hydrogens is 312 g/mol. The van der Waals surface area contributed by atoms with Crippen molar-refractivity contribution in [1.82, 2.24) is 4.31 Å². The van der Waals surface area contributed by atoms with Crippen molar-refractivity contribution in [3.63, 3.8) is 0 Å². The molecule has 1 unspecified atom stereocenters. The molecule has 2 rings (SSSR count). The van der Waals surface area contributed by atoms with E-state index in [1.54, 1.807) is 0 Å². The number of nitrogens with one attached hydrogen (secondary N) is 1. The van der Waals surface area contributed by atoms with Crippen molar-refractivity contribution in [2.45, 2.75) is 51.5 Å². The number of benzene rings is 1. The quantitative estimate of drug-likeness (QED) is 0.867. The fraction of sp³-hybridized carbons (Fsp3) is 0.588. The lowest BCUT2D eigenvalue weighted by Gasteiger charge is -2.32. The zero-order valence-electron chi connectivity index (χ0n) is 13.9. The Balaban J connectivity index is 2.02. The van der Waals surface area contributed by atoms with E-state index in [0.717, 1.165) is 32.1 Å². The van der Waals surface area contributed by atoms with Crippen LogP contribution >= 0.6 is 0 Å². The van der Waals surface area contributed by atoms with Crippen molar-refractivity contribution in [2.75, 3.05) is 18.1 Å². The van der Waals surface area contributed by atoms with Crippen LogP contribution in [0.4, 0.5) is 5.69 Å². The summed E-state index contributed by atoms with van der Waals surface area (Å²) in [4.78, 5) is 12.5. The molecule has 1 aliphatic heterocycles. The van der Waals surface area contributed by atoms with Gasteiger partial charge in [-0.15, -0.1) is 0 Å². The van der Waals surface area contributed by atoms with E-state index in [1.165, 1.54) is 16.1 Å². The Labute approximate surface area is 139 Å². The van der Waals surface area contributed by atoms with Crippen LogP contribution in [-0.2, 0) is 21.2 Å². The van der Waals surface area contributed by atoms with Gasteiger partial charge in [-0.05, 0) is 43.4 Å². The molecule has 1 fully saturated rings. The average Bonchev–Trinajstić information content (AvgIpc) is 2.53. The Bertz CT molecular complexity index is 626. The molecule has 0 radical (unpaired) electrons. The largest absolute Gasteiger partial charge is 0.325 e. The van der Waals surface area contributed by atoms with Crippen LogP contribution in [0.25, 0.3) is 0 Å². The third-order valence-electron chi connectivity index (χ3n) is 4.22. The predicted molar refractivity (Wildman–Crippen MR) is 92.9 cm³/mol. The van der Waals surface area contributed by atoms with Gasteiger partial charge in [0.15, 0.2) is 0 Å². The monoisotopic (exact) mass is 338 g/mol. The predicted octanol–water partition coefficient (Wildman–Crippen LogP) is 2.78. The van der Waals surface area contributed by atoms with Crippen molar-refractivity contribution in [2.24, 2.45) is 0 Å². The summed E-state index contributed by atoms with van der Waals surface area (Å²) in [5.74, 6) is -0.239. The van der Waals surface area contributed by atoms with E-state index >= 15 is 0 Å². The van der Waals surface area contributed by atoms with Gasteiger partial charge in [0.05, 0.1) is 6.26 Å². The van der Waals surface area contributed by atoms with Crippen molar-refractivity contribution in [3.05, 3.63) is 29.8 Å². The van der Waals surface area contributed by atoms with Gasteiger partial charge in [-0.25, -0.2) is 8.42 Å². The number of carbonyl (C=O) groups is 1. The lowest BCUT2D eigenvalue weighted by molar-refractivity contribution is -0.120. The van der Waals surface area contributed by atoms with Crippen LogP contribution in [-0.4, -0.2) is 37.5 Å². The summed E-state index contributed by atoms with van der Waals surface area (Å²) in [6.45, 7) is 2.58. The first-order valence-electron chi connectivity index (χ1n) is 8.28. The zero-order valence-corrected chi connectivity index (χ0v) is 14.7. The molecule has 6 heteroatoms. The van der Waals surface area contributed by atoms with Gasteiger partial charge in [-0.1, -0.05) is 31.9 Å². The van der Waals surface area contributed by atoms with Gasteiger partial charge in [0.1, 0.15) is 6.04 Å². The Morgan fingerprint density at radius 1 is 1.26 bits per heavy atom. The van der Waals surface area contributed by atoms with Crippen molar-refractivity contribution in [1.29, 1.82) is 0 Å². The average molecular weight is 338 g/mol. The highest BCUT2D eigenvalue weighted by atomic mass is 32.2. The van der Waals surface area contributed by atoms with E-state index in [9.17, 15) is 13.2 Å². The second kappa shape index (κ2) is 7.93. The van der Waals surface area contributed by atoms with Gasteiger partial charge in [0, 0.05) is 12.2 Å². The Hall–Kier alpha value is -1.40. The normalized spacial score (nSPS) is 19.5. The van der Waals surface area contributed by atoms with Crippen LogP contribution in [0.15, 0.2) is 24.3 Å².